The number of thiophene rings is 1. The number of carbonyl (C=O) groups is 1. The number of fused-ring (bicyclic) bond motifs is 3. The molecule has 2 heterocycles. The lowest BCUT2D eigenvalue weighted by Crippen LogP contribution is -2.33. The SMILES string of the molecule is CCC(C(=O)OCC(C)C)n1c(C)nc2sc3c(c2c1=O)CCCC3. The molecule has 2 aromatic heterocycles. The maximum Gasteiger partial charge on any atom is 0.329 e. The maximum absolute atomic E-state index is 13.2. The van der Waals surface area contributed by atoms with Crippen molar-refractivity contribution >= 4 is 27.5 Å². The Morgan fingerprint density at radius 2 is 2.04 bits per heavy atom. The predicted octanol–water partition coefficient (Wildman–Crippen LogP) is 3.80. The molecule has 0 fully saturated rings. The summed E-state index contributed by atoms with van der Waals surface area (Å²) in [5.41, 5.74) is 1.07. The van der Waals surface area contributed by atoms with Gasteiger partial charge in [-0.25, -0.2) is 9.78 Å². The van der Waals surface area contributed by atoms with E-state index in [0.717, 1.165) is 35.0 Å². The Balaban J connectivity index is 2.08. The molecule has 1 atom stereocenters. The van der Waals surface area contributed by atoms with E-state index in [9.17, 15) is 9.59 Å². The van der Waals surface area contributed by atoms with Crippen molar-refractivity contribution in [3.05, 3.63) is 26.6 Å². The highest BCUT2D eigenvalue weighted by Crippen LogP contribution is 2.34. The molecule has 25 heavy (non-hydrogen) atoms. The van der Waals surface area contributed by atoms with Gasteiger partial charge in [-0.2, -0.15) is 0 Å². The number of hydrogen-bond donors (Lipinski definition) is 0. The molecule has 0 bridgehead atoms. The van der Waals surface area contributed by atoms with Gasteiger partial charge in [-0.1, -0.05) is 20.8 Å². The van der Waals surface area contributed by atoms with Crippen LogP contribution >= 0.6 is 11.3 Å². The van der Waals surface area contributed by atoms with Gasteiger partial charge in [0.1, 0.15) is 16.7 Å². The zero-order valence-electron chi connectivity index (χ0n) is 15.4. The zero-order valence-corrected chi connectivity index (χ0v) is 16.2. The molecule has 1 aliphatic rings. The molecule has 0 spiro atoms. The molecule has 1 aliphatic carbocycles. The summed E-state index contributed by atoms with van der Waals surface area (Å²) >= 11 is 1.64. The maximum atomic E-state index is 13.2. The summed E-state index contributed by atoms with van der Waals surface area (Å²) in [6.45, 7) is 8.07. The lowest BCUT2D eigenvalue weighted by Gasteiger charge is -2.20. The minimum atomic E-state index is -0.609. The molecule has 0 radical (unpaired) electrons. The first kappa shape index (κ1) is 18.1. The smallest absolute Gasteiger partial charge is 0.329 e. The number of aryl methyl sites for hydroxylation is 3. The second kappa shape index (κ2) is 7.28. The van der Waals surface area contributed by atoms with E-state index >= 15 is 0 Å². The summed E-state index contributed by atoms with van der Waals surface area (Å²) in [5.74, 6) is 0.514. The number of nitrogens with zero attached hydrogens (tertiary/aromatic N) is 2. The molecule has 3 rings (SSSR count). The molecule has 5 nitrogen and oxygen atoms in total. The Morgan fingerprint density at radius 1 is 1.32 bits per heavy atom. The average molecular weight is 362 g/mol. The topological polar surface area (TPSA) is 61.2 Å². The molecular formula is C19H26N2O3S. The van der Waals surface area contributed by atoms with Gasteiger partial charge >= 0.3 is 5.97 Å². The van der Waals surface area contributed by atoms with Crippen LogP contribution in [0.3, 0.4) is 0 Å². The van der Waals surface area contributed by atoms with Gasteiger partial charge in [0.2, 0.25) is 0 Å². The molecule has 0 N–H and O–H groups in total. The molecule has 6 heteroatoms. The van der Waals surface area contributed by atoms with Crippen LogP contribution in [-0.2, 0) is 22.4 Å². The van der Waals surface area contributed by atoms with Crippen molar-refractivity contribution in [1.29, 1.82) is 0 Å². The van der Waals surface area contributed by atoms with Crippen LogP contribution in [0.5, 0.6) is 0 Å². The second-order valence-electron chi connectivity index (χ2n) is 7.17. The second-order valence-corrected chi connectivity index (χ2v) is 8.26. The monoisotopic (exact) mass is 362 g/mol. The van der Waals surface area contributed by atoms with Crippen molar-refractivity contribution in [3.8, 4) is 0 Å². The summed E-state index contributed by atoms with van der Waals surface area (Å²) in [7, 11) is 0. The summed E-state index contributed by atoms with van der Waals surface area (Å²) < 4.78 is 6.95. The highest BCUT2D eigenvalue weighted by atomic mass is 32.1. The van der Waals surface area contributed by atoms with Gasteiger partial charge in [-0.3, -0.25) is 9.36 Å². The minimum Gasteiger partial charge on any atom is -0.464 e. The van der Waals surface area contributed by atoms with E-state index in [-0.39, 0.29) is 17.4 Å². The first-order valence-corrected chi connectivity index (χ1v) is 9.95. The largest absolute Gasteiger partial charge is 0.464 e. The molecule has 0 aromatic carbocycles. The van der Waals surface area contributed by atoms with E-state index in [2.05, 4.69) is 4.98 Å². The van der Waals surface area contributed by atoms with Crippen LogP contribution < -0.4 is 5.56 Å². The van der Waals surface area contributed by atoms with Crippen molar-refractivity contribution in [1.82, 2.24) is 9.55 Å². The molecule has 2 aromatic rings. The molecule has 0 amide bonds. The average Bonchev–Trinajstić information content (AvgIpc) is 2.94. The summed E-state index contributed by atoms with van der Waals surface area (Å²) in [5, 5.41) is 0.723. The van der Waals surface area contributed by atoms with Crippen LogP contribution in [0.15, 0.2) is 4.79 Å². The lowest BCUT2D eigenvalue weighted by atomic mass is 9.97. The third-order valence-electron chi connectivity index (χ3n) is 4.73. The van der Waals surface area contributed by atoms with Crippen molar-refractivity contribution < 1.29 is 9.53 Å². The Morgan fingerprint density at radius 3 is 2.72 bits per heavy atom. The van der Waals surface area contributed by atoms with E-state index in [1.165, 1.54) is 11.3 Å². The van der Waals surface area contributed by atoms with Crippen LogP contribution in [0.25, 0.3) is 10.2 Å². The van der Waals surface area contributed by atoms with Crippen LogP contribution in [0.4, 0.5) is 0 Å². The molecule has 0 aliphatic heterocycles. The fourth-order valence-electron chi connectivity index (χ4n) is 3.49. The minimum absolute atomic E-state index is 0.0877. The highest BCUT2D eigenvalue weighted by molar-refractivity contribution is 7.18. The van der Waals surface area contributed by atoms with Crippen LogP contribution in [0, 0.1) is 12.8 Å². The van der Waals surface area contributed by atoms with Gasteiger partial charge in [0.15, 0.2) is 0 Å². The van der Waals surface area contributed by atoms with E-state index in [4.69, 9.17) is 4.74 Å². The van der Waals surface area contributed by atoms with Crippen molar-refractivity contribution in [2.45, 2.75) is 65.8 Å². The molecular weight excluding hydrogens is 336 g/mol. The van der Waals surface area contributed by atoms with Crippen LogP contribution in [0.1, 0.15) is 62.3 Å². The first-order valence-electron chi connectivity index (χ1n) is 9.14. The third-order valence-corrected chi connectivity index (χ3v) is 5.91. The molecule has 136 valence electrons. The Hall–Kier alpha value is -1.69. The van der Waals surface area contributed by atoms with Gasteiger partial charge in [0.25, 0.3) is 5.56 Å². The number of rotatable bonds is 5. The van der Waals surface area contributed by atoms with Gasteiger partial charge in [-0.15, -0.1) is 11.3 Å². The van der Waals surface area contributed by atoms with E-state index in [1.54, 1.807) is 22.8 Å². The Labute approximate surface area is 152 Å². The fraction of sp³-hybridized carbons (Fsp3) is 0.632. The van der Waals surface area contributed by atoms with E-state index < -0.39 is 6.04 Å². The van der Waals surface area contributed by atoms with Gasteiger partial charge in [-0.05, 0) is 50.5 Å². The van der Waals surface area contributed by atoms with Crippen LogP contribution in [-0.4, -0.2) is 22.1 Å². The normalized spacial score (nSPS) is 15.4. The lowest BCUT2D eigenvalue weighted by molar-refractivity contribution is -0.149. The standard InChI is InChI=1S/C19H26N2O3S/c1-5-14(19(23)24-10-11(2)3)21-12(4)20-17-16(18(21)22)13-8-6-7-9-15(13)25-17/h11,14H,5-10H2,1-4H3. The van der Waals surface area contributed by atoms with Gasteiger partial charge < -0.3 is 4.74 Å². The number of esters is 1. The zero-order chi connectivity index (χ0) is 18.1. The highest BCUT2D eigenvalue weighted by Gasteiger charge is 2.27. The number of hydrogen-bond acceptors (Lipinski definition) is 5. The van der Waals surface area contributed by atoms with Gasteiger partial charge in [0.05, 0.1) is 12.0 Å². The third kappa shape index (κ3) is 3.36. The Bertz CT molecular complexity index is 850. The molecule has 0 saturated heterocycles. The Kier molecular flexibility index (Phi) is 5.27. The number of carbonyl (C=O) groups excluding carboxylic acids is 1. The van der Waals surface area contributed by atoms with Crippen molar-refractivity contribution in [2.24, 2.45) is 5.92 Å². The van der Waals surface area contributed by atoms with Crippen molar-refractivity contribution in [3.63, 3.8) is 0 Å². The first-order chi connectivity index (χ1) is 11.9. The fourth-order valence-corrected chi connectivity index (χ4v) is 4.78. The number of aromatic nitrogens is 2. The number of ether oxygens (including phenoxy) is 1. The quantitative estimate of drug-likeness (QED) is 0.759. The predicted molar refractivity (Wildman–Crippen MR) is 100 cm³/mol. The van der Waals surface area contributed by atoms with Crippen LogP contribution in [0.2, 0.25) is 0 Å². The summed E-state index contributed by atoms with van der Waals surface area (Å²) in [6.07, 6.45) is 4.76. The van der Waals surface area contributed by atoms with E-state index in [0.29, 0.717) is 18.9 Å². The van der Waals surface area contributed by atoms with Crippen molar-refractivity contribution in [2.75, 3.05) is 6.61 Å². The summed E-state index contributed by atoms with van der Waals surface area (Å²) in [6, 6.07) is -0.609. The van der Waals surface area contributed by atoms with E-state index in [1.807, 2.05) is 20.8 Å². The van der Waals surface area contributed by atoms with Gasteiger partial charge in [0, 0.05) is 4.88 Å². The molecule has 1 unspecified atom stereocenters. The molecule has 0 saturated carbocycles. The summed E-state index contributed by atoms with van der Waals surface area (Å²) in [4.78, 5) is 32.6.